The molecule has 2 aromatic heterocycles. The highest BCUT2D eigenvalue weighted by molar-refractivity contribution is 14.1. The predicted molar refractivity (Wildman–Crippen MR) is 89.6 cm³/mol. The molecular formula is C14H11IN2O4S. The van der Waals surface area contributed by atoms with Gasteiger partial charge in [-0.1, -0.05) is 6.07 Å². The molecule has 0 bridgehead atoms. The van der Waals surface area contributed by atoms with E-state index in [1.807, 2.05) is 0 Å². The van der Waals surface area contributed by atoms with Crippen LogP contribution in [0.4, 0.5) is 0 Å². The molecule has 3 rings (SSSR count). The molecule has 0 amide bonds. The Morgan fingerprint density at radius 2 is 2.00 bits per heavy atom. The Hall–Kier alpha value is -1.81. The van der Waals surface area contributed by atoms with Crippen LogP contribution >= 0.6 is 22.6 Å². The minimum atomic E-state index is -4.04. The highest BCUT2D eigenvalue weighted by atomic mass is 127. The molecular weight excluding hydrogens is 419 g/mol. The van der Waals surface area contributed by atoms with Crippen LogP contribution in [-0.2, 0) is 10.1 Å². The van der Waals surface area contributed by atoms with Gasteiger partial charge < -0.3 is 13.9 Å². The lowest BCUT2D eigenvalue weighted by Gasteiger charge is -2.12. The molecule has 1 aromatic carbocycles. The Kier molecular flexibility index (Phi) is 3.96. The summed E-state index contributed by atoms with van der Waals surface area (Å²) in [5.74, 6) is 0.487. The normalized spacial score (nSPS) is 11.5. The molecule has 0 saturated heterocycles. The Morgan fingerprint density at radius 1 is 1.23 bits per heavy atom. The van der Waals surface area contributed by atoms with E-state index in [1.165, 1.54) is 19.4 Å². The molecule has 1 N–H and O–H groups in total. The van der Waals surface area contributed by atoms with Crippen molar-refractivity contribution in [2.45, 2.75) is 5.03 Å². The fraction of sp³-hybridized carbons (Fsp3) is 0.0714. The summed E-state index contributed by atoms with van der Waals surface area (Å²) >= 11 is 2.15. The second-order valence-electron chi connectivity index (χ2n) is 4.38. The van der Waals surface area contributed by atoms with Crippen molar-refractivity contribution in [3.63, 3.8) is 0 Å². The number of nitrogens with one attached hydrogen (secondary N) is 1. The van der Waals surface area contributed by atoms with Gasteiger partial charge in [-0.15, -0.1) is 0 Å². The van der Waals surface area contributed by atoms with Gasteiger partial charge >= 0.3 is 10.1 Å². The molecule has 3 aromatic rings. The number of hydrogen-bond acceptors (Lipinski definition) is 5. The quantitative estimate of drug-likeness (QED) is 0.509. The van der Waals surface area contributed by atoms with Gasteiger partial charge in [0, 0.05) is 32.9 Å². The first-order chi connectivity index (χ1) is 10.5. The maximum atomic E-state index is 12.4. The van der Waals surface area contributed by atoms with Crippen LogP contribution < -0.4 is 8.92 Å². The van der Waals surface area contributed by atoms with Crippen molar-refractivity contribution in [1.29, 1.82) is 0 Å². The van der Waals surface area contributed by atoms with E-state index in [4.69, 9.17) is 8.92 Å². The molecule has 0 unspecified atom stereocenters. The van der Waals surface area contributed by atoms with Gasteiger partial charge in [-0.05, 0) is 40.8 Å². The highest BCUT2D eigenvalue weighted by Crippen LogP contribution is 2.39. The zero-order chi connectivity index (χ0) is 15.7. The third-order valence-corrected chi connectivity index (χ3v) is 5.07. The van der Waals surface area contributed by atoms with Crippen LogP contribution in [0.2, 0.25) is 0 Å². The number of aromatic nitrogens is 2. The van der Waals surface area contributed by atoms with Crippen LogP contribution in [0.3, 0.4) is 0 Å². The van der Waals surface area contributed by atoms with Gasteiger partial charge in [-0.2, -0.15) is 8.42 Å². The van der Waals surface area contributed by atoms with Crippen molar-refractivity contribution in [1.82, 2.24) is 9.97 Å². The number of hydrogen-bond donors (Lipinski definition) is 1. The van der Waals surface area contributed by atoms with Gasteiger partial charge in [-0.25, -0.2) is 4.98 Å². The second-order valence-corrected chi connectivity index (χ2v) is 7.03. The third kappa shape index (κ3) is 2.63. The number of fused-ring (bicyclic) bond motifs is 1. The van der Waals surface area contributed by atoms with E-state index >= 15 is 0 Å². The van der Waals surface area contributed by atoms with Crippen LogP contribution in [0.5, 0.6) is 11.5 Å². The Labute approximate surface area is 140 Å². The number of ether oxygens (including phenoxy) is 1. The lowest BCUT2D eigenvalue weighted by molar-refractivity contribution is 0.392. The fourth-order valence-corrected chi connectivity index (χ4v) is 3.67. The molecule has 0 aliphatic rings. The van der Waals surface area contributed by atoms with Crippen molar-refractivity contribution in [2.24, 2.45) is 0 Å². The van der Waals surface area contributed by atoms with Gasteiger partial charge in [0.2, 0.25) is 0 Å². The molecule has 0 fully saturated rings. The molecule has 8 heteroatoms. The van der Waals surface area contributed by atoms with Gasteiger partial charge in [-0.3, -0.25) is 0 Å². The monoisotopic (exact) mass is 430 g/mol. The molecule has 0 spiro atoms. The fourth-order valence-electron chi connectivity index (χ4n) is 2.03. The smallest absolute Gasteiger partial charge is 0.357 e. The number of pyridine rings is 1. The van der Waals surface area contributed by atoms with Crippen LogP contribution in [0.1, 0.15) is 0 Å². The predicted octanol–water partition coefficient (Wildman–Crippen LogP) is 2.94. The Balaban J connectivity index is 2.15. The third-order valence-electron chi connectivity index (χ3n) is 3.04. The molecule has 0 saturated carbocycles. The molecule has 0 aliphatic carbocycles. The lowest BCUT2D eigenvalue weighted by Crippen LogP contribution is -2.12. The highest BCUT2D eigenvalue weighted by Gasteiger charge is 2.23. The zero-order valence-corrected chi connectivity index (χ0v) is 14.4. The summed E-state index contributed by atoms with van der Waals surface area (Å²) in [6.45, 7) is 0. The number of benzene rings is 1. The Bertz CT molecular complexity index is 923. The van der Waals surface area contributed by atoms with E-state index in [0.717, 1.165) is 8.96 Å². The first kappa shape index (κ1) is 15.1. The average Bonchev–Trinajstić information content (AvgIpc) is 3.01. The number of methoxy groups -OCH3 is 1. The average molecular weight is 430 g/mol. The summed E-state index contributed by atoms with van der Waals surface area (Å²) in [4.78, 5) is 6.77. The van der Waals surface area contributed by atoms with E-state index in [9.17, 15) is 8.42 Å². The maximum Gasteiger partial charge on any atom is 0.357 e. The number of H-pyrrole nitrogens is 1. The summed E-state index contributed by atoms with van der Waals surface area (Å²) in [6, 6.07) is 6.32. The SMILES string of the molecule is COc1cc(I)c2c[nH]cc2c1OS(=O)(=O)c1ccccn1. The van der Waals surface area contributed by atoms with E-state index in [-0.39, 0.29) is 10.8 Å². The number of nitrogens with zero attached hydrogens (tertiary/aromatic N) is 1. The molecule has 2 heterocycles. The molecule has 114 valence electrons. The van der Waals surface area contributed by atoms with Crippen molar-refractivity contribution < 1.29 is 17.3 Å². The second kappa shape index (κ2) is 5.76. The summed E-state index contributed by atoms with van der Waals surface area (Å²) in [5, 5.41) is 1.33. The minimum Gasteiger partial charge on any atom is -0.493 e. The largest absolute Gasteiger partial charge is 0.493 e. The van der Waals surface area contributed by atoms with Crippen LogP contribution in [0, 0.1) is 3.57 Å². The van der Waals surface area contributed by atoms with Gasteiger partial charge in [0.1, 0.15) is 0 Å². The van der Waals surface area contributed by atoms with E-state index in [1.54, 1.807) is 30.6 Å². The van der Waals surface area contributed by atoms with Crippen LogP contribution in [-0.4, -0.2) is 25.5 Å². The van der Waals surface area contributed by atoms with Gasteiger partial charge in [0.05, 0.1) is 7.11 Å². The van der Waals surface area contributed by atoms with Gasteiger partial charge in [0.25, 0.3) is 0 Å². The van der Waals surface area contributed by atoms with E-state index in [2.05, 4.69) is 32.6 Å². The number of rotatable bonds is 4. The van der Waals surface area contributed by atoms with Crippen molar-refractivity contribution in [2.75, 3.05) is 7.11 Å². The summed E-state index contributed by atoms with van der Waals surface area (Å²) in [5.41, 5.74) is 0. The van der Waals surface area contributed by atoms with Crippen molar-refractivity contribution >= 4 is 43.5 Å². The summed E-state index contributed by atoms with van der Waals surface area (Å²) in [7, 11) is -2.57. The van der Waals surface area contributed by atoms with Crippen LogP contribution in [0.15, 0.2) is 47.9 Å². The van der Waals surface area contributed by atoms with Crippen LogP contribution in [0.25, 0.3) is 10.8 Å². The summed E-state index contributed by atoms with van der Waals surface area (Å²) < 4.78 is 36.2. The first-order valence-electron chi connectivity index (χ1n) is 6.21. The van der Waals surface area contributed by atoms with Crippen molar-refractivity contribution in [3.8, 4) is 11.5 Å². The minimum absolute atomic E-state index is 0.143. The Morgan fingerprint density at radius 3 is 2.68 bits per heavy atom. The molecule has 0 radical (unpaired) electrons. The molecule has 0 aliphatic heterocycles. The standard InChI is InChI=1S/C14H11IN2O4S/c1-20-12-6-11(15)9-7-16-8-10(9)14(12)21-22(18,19)13-4-2-3-5-17-13/h2-8,16H,1H3. The topological polar surface area (TPSA) is 81.3 Å². The maximum absolute atomic E-state index is 12.4. The van der Waals surface area contributed by atoms with Crippen molar-refractivity contribution in [3.05, 3.63) is 46.4 Å². The summed E-state index contributed by atoms with van der Waals surface area (Å²) in [6.07, 6.45) is 4.84. The zero-order valence-electron chi connectivity index (χ0n) is 11.4. The number of halogens is 1. The molecule has 6 nitrogen and oxygen atoms in total. The lowest BCUT2D eigenvalue weighted by atomic mass is 10.2. The van der Waals surface area contributed by atoms with E-state index < -0.39 is 10.1 Å². The number of aromatic amines is 1. The molecule has 22 heavy (non-hydrogen) atoms. The first-order valence-corrected chi connectivity index (χ1v) is 8.70. The molecule has 0 atom stereocenters. The van der Waals surface area contributed by atoms with Gasteiger partial charge in [0.15, 0.2) is 16.5 Å². The van der Waals surface area contributed by atoms with E-state index in [0.29, 0.717) is 11.1 Å².